The van der Waals surface area contributed by atoms with Crippen molar-refractivity contribution in [2.75, 3.05) is 17.2 Å². The van der Waals surface area contributed by atoms with E-state index in [2.05, 4.69) is 28.6 Å². The monoisotopic (exact) mass is 299 g/mol. The molecule has 4 heteroatoms. The number of hydrogen-bond donors (Lipinski definition) is 1. The number of amides is 1. The molecule has 1 aliphatic rings. The molecule has 1 saturated heterocycles. The number of rotatable bonds is 2. The summed E-state index contributed by atoms with van der Waals surface area (Å²) in [7, 11) is 0. The average molecular weight is 300 g/mol. The topological polar surface area (TPSA) is 20.3 Å². The number of aryl methyl sites for hydroxylation is 1. The van der Waals surface area contributed by atoms with E-state index in [4.69, 9.17) is 0 Å². The lowest BCUT2D eigenvalue weighted by Crippen LogP contribution is -2.25. The van der Waals surface area contributed by atoms with Crippen molar-refractivity contribution in [2.45, 2.75) is 13.3 Å². The van der Waals surface area contributed by atoms with Crippen molar-refractivity contribution in [3.8, 4) is 0 Å². The van der Waals surface area contributed by atoms with E-state index in [1.54, 1.807) is 0 Å². The molecule has 0 saturated carbocycles. The zero-order chi connectivity index (χ0) is 11.7. The number of thiol groups is 1. The number of nitrogens with zero attached hydrogens (tertiary/aromatic N) is 1. The van der Waals surface area contributed by atoms with Crippen LogP contribution in [0.2, 0.25) is 0 Å². The minimum atomic E-state index is 0.198. The van der Waals surface area contributed by atoms with Crippen LogP contribution in [0.15, 0.2) is 22.7 Å². The lowest BCUT2D eigenvalue weighted by molar-refractivity contribution is -0.117. The number of carbonyl (C=O) groups is 1. The van der Waals surface area contributed by atoms with Gasteiger partial charge in [0.1, 0.15) is 0 Å². The van der Waals surface area contributed by atoms with E-state index in [9.17, 15) is 4.79 Å². The fourth-order valence-corrected chi connectivity index (χ4v) is 2.92. The van der Waals surface area contributed by atoms with E-state index in [1.165, 1.54) is 5.56 Å². The Morgan fingerprint density at radius 3 is 2.88 bits per heavy atom. The number of anilines is 1. The van der Waals surface area contributed by atoms with Crippen LogP contribution in [0.4, 0.5) is 5.69 Å². The zero-order valence-corrected chi connectivity index (χ0v) is 11.6. The molecule has 0 aromatic heterocycles. The Balaban J connectivity index is 2.28. The van der Waals surface area contributed by atoms with E-state index in [0.29, 0.717) is 12.3 Å². The molecule has 0 spiro atoms. The van der Waals surface area contributed by atoms with Gasteiger partial charge in [-0.2, -0.15) is 12.6 Å². The van der Waals surface area contributed by atoms with Gasteiger partial charge < -0.3 is 4.90 Å². The molecule has 1 unspecified atom stereocenters. The maximum Gasteiger partial charge on any atom is 0.227 e. The third-order valence-corrected chi connectivity index (χ3v) is 4.01. The third-order valence-electron chi connectivity index (χ3n) is 2.86. The average Bonchev–Trinajstić information content (AvgIpc) is 2.60. The van der Waals surface area contributed by atoms with Crippen LogP contribution in [0.1, 0.15) is 12.0 Å². The van der Waals surface area contributed by atoms with Crippen LogP contribution >= 0.6 is 28.6 Å². The summed E-state index contributed by atoms with van der Waals surface area (Å²) in [5.74, 6) is 1.35. The van der Waals surface area contributed by atoms with E-state index >= 15 is 0 Å². The van der Waals surface area contributed by atoms with Crippen LogP contribution in [0.3, 0.4) is 0 Å². The SMILES string of the molecule is Cc1ccc(N2CC(CS)CC2=O)c(Br)c1. The van der Waals surface area contributed by atoms with Crippen molar-refractivity contribution in [1.29, 1.82) is 0 Å². The van der Waals surface area contributed by atoms with Crippen molar-refractivity contribution in [1.82, 2.24) is 0 Å². The van der Waals surface area contributed by atoms with Crippen LogP contribution < -0.4 is 4.90 Å². The molecule has 86 valence electrons. The molecule has 1 atom stereocenters. The normalized spacial score (nSPS) is 20.6. The van der Waals surface area contributed by atoms with Crippen molar-refractivity contribution >= 4 is 40.2 Å². The fourth-order valence-electron chi connectivity index (χ4n) is 1.97. The summed E-state index contributed by atoms with van der Waals surface area (Å²) in [5.41, 5.74) is 2.16. The van der Waals surface area contributed by atoms with Gasteiger partial charge in [0, 0.05) is 17.4 Å². The van der Waals surface area contributed by atoms with Gasteiger partial charge >= 0.3 is 0 Å². The smallest absolute Gasteiger partial charge is 0.227 e. The van der Waals surface area contributed by atoms with Crippen LogP contribution in [-0.2, 0) is 4.79 Å². The maximum absolute atomic E-state index is 11.9. The summed E-state index contributed by atoms with van der Waals surface area (Å²) in [6.45, 7) is 2.82. The fraction of sp³-hybridized carbons (Fsp3) is 0.417. The van der Waals surface area contributed by atoms with Crippen molar-refractivity contribution in [3.05, 3.63) is 28.2 Å². The Morgan fingerprint density at radius 1 is 1.56 bits per heavy atom. The molecule has 16 heavy (non-hydrogen) atoms. The van der Waals surface area contributed by atoms with Crippen molar-refractivity contribution < 1.29 is 4.79 Å². The summed E-state index contributed by atoms with van der Waals surface area (Å²) in [5, 5.41) is 0. The molecule has 2 nitrogen and oxygen atoms in total. The highest BCUT2D eigenvalue weighted by molar-refractivity contribution is 9.10. The molecule has 0 N–H and O–H groups in total. The summed E-state index contributed by atoms with van der Waals surface area (Å²) in [6, 6.07) is 6.07. The van der Waals surface area contributed by atoms with Crippen LogP contribution in [-0.4, -0.2) is 18.2 Å². The Bertz CT molecular complexity index is 421. The molecular formula is C12H14BrNOS. The predicted molar refractivity (Wildman–Crippen MR) is 73.2 cm³/mol. The number of benzene rings is 1. The Labute approximate surface area is 110 Å². The maximum atomic E-state index is 11.9. The summed E-state index contributed by atoms with van der Waals surface area (Å²) < 4.78 is 0.987. The van der Waals surface area contributed by atoms with Gasteiger partial charge in [0.15, 0.2) is 0 Å². The van der Waals surface area contributed by atoms with Gasteiger partial charge in [0.2, 0.25) is 5.91 Å². The van der Waals surface area contributed by atoms with E-state index in [1.807, 2.05) is 30.0 Å². The standard InChI is InChI=1S/C12H14BrNOS/c1-8-2-3-11(10(13)4-8)14-6-9(7-16)5-12(14)15/h2-4,9,16H,5-7H2,1H3. The first-order chi connectivity index (χ1) is 7.61. The Hall–Kier alpha value is -0.480. The van der Waals surface area contributed by atoms with Gasteiger partial charge in [-0.1, -0.05) is 6.07 Å². The van der Waals surface area contributed by atoms with Crippen LogP contribution in [0, 0.1) is 12.8 Å². The first kappa shape index (κ1) is 12.0. The van der Waals surface area contributed by atoms with Gasteiger partial charge in [-0.25, -0.2) is 0 Å². The van der Waals surface area contributed by atoms with Gasteiger partial charge in [-0.05, 0) is 52.2 Å². The van der Waals surface area contributed by atoms with Crippen LogP contribution in [0.25, 0.3) is 0 Å². The summed E-state index contributed by atoms with van der Waals surface area (Å²) in [4.78, 5) is 13.7. The van der Waals surface area contributed by atoms with E-state index in [-0.39, 0.29) is 5.91 Å². The lowest BCUT2D eigenvalue weighted by Gasteiger charge is -2.18. The second-order valence-corrected chi connectivity index (χ2v) is 5.43. The number of hydrogen-bond acceptors (Lipinski definition) is 2. The largest absolute Gasteiger partial charge is 0.311 e. The minimum absolute atomic E-state index is 0.198. The van der Waals surface area contributed by atoms with Crippen molar-refractivity contribution in [2.24, 2.45) is 5.92 Å². The first-order valence-electron chi connectivity index (χ1n) is 5.29. The lowest BCUT2D eigenvalue weighted by atomic mass is 10.1. The second kappa shape index (κ2) is 4.80. The molecule has 0 radical (unpaired) electrons. The molecule has 1 aromatic rings. The molecule has 0 aliphatic carbocycles. The molecule has 1 heterocycles. The zero-order valence-electron chi connectivity index (χ0n) is 9.11. The predicted octanol–water partition coefficient (Wildman–Crippen LogP) is 3.04. The highest BCUT2D eigenvalue weighted by Gasteiger charge is 2.30. The minimum Gasteiger partial charge on any atom is -0.311 e. The van der Waals surface area contributed by atoms with Gasteiger partial charge in [0.25, 0.3) is 0 Å². The van der Waals surface area contributed by atoms with Gasteiger partial charge in [-0.3, -0.25) is 4.79 Å². The van der Waals surface area contributed by atoms with Gasteiger partial charge in [0.05, 0.1) is 5.69 Å². The van der Waals surface area contributed by atoms with Crippen molar-refractivity contribution in [3.63, 3.8) is 0 Å². The molecule has 2 rings (SSSR count). The number of halogens is 1. The number of carbonyl (C=O) groups excluding carboxylic acids is 1. The quantitative estimate of drug-likeness (QED) is 0.832. The Kier molecular flexibility index (Phi) is 3.60. The molecule has 1 aliphatic heterocycles. The molecular weight excluding hydrogens is 286 g/mol. The van der Waals surface area contributed by atoms with E-state index in [0.717, 1.165) is 22.5 Å². The van der Waals surface area contributed by atoms with E-state index < -0.39 is 0 Å². The highest BCUT2D eigenvalue weighted by atomic mass is 79.9. The van der Waals surface area contributed by atoms with Gasteiger partial charge in [-0.15, -0.1) is 0 Å². The second-order valence-electron chi connectivity index (χ2n) is 4.21. The summed E-state index contributed by atoms with van der Waals surface area (Å²) >= 11 is 7.77. The highest BCUT2D eigenvalue weighted by Crippen LogP contribution is 2.32. The summed E-state index contributed by atoms with van der Waals surface area (Å²) in [6.07, 6.45) is 0.615. The first-order valence-corrected chi connectivity index (χ1v) is 6.71. The molecule has 1 amide bonds. The van der Waals surface area contributed by atoms with Crippen LogP contribution in [0.5, 0.6) is 0 Å². The third kappa shape index (κ3) is 2.28. The Morgan fingerprint density at radius 2 is 2.31 bits per heavy atom. The molecule has 1 fully saturated rings. The molecule has 1 aromatic carbocycles. The molecule has 0 bridgehead atoms.